The minimum Gasteiger partial charge on any atom is -0.377 e. The molecule has 0 atom stereocenters. The summed E-state index contributed by atoms with van der Waals surface area (Å²) < 4.78 is 38.5. The van der Waals surface area contributed by atoms with Crippen LogP contribution in [0.1, 0.15) is 6.42 Å². The molecule has 0 aliphatic rings. The van der Waals surface area contributed by atoms with Crippen molar-refractivity contribution in [2.45, 2.75) is 18.9 Å². The van der Waals surface area contributed by atoms with Crippen LogP contribution in [0.3, 0.4) is 0 Å². The van der Waals surface area contributed by atoms with E-state index < -0.39 is 15.2 Å². The van der Waals surface area contributed by atoms with Crippen molar-refractivity contribution < 1.29 is 22.1 Å². The van der Waals surface area contributed by atoms with Crippen LogP contribution < -0.4 is 0 Å². The lowest BCUT2D eigenvalue weighted by Gasteiger charge is -2.23. The van der Waals surface area contributed by atoms with E-state index in [9.17, 15) is 8.78 Å². The maximum absolute atomic E-state index is 11.8. The molecule has 0 aromatic heterocycles. The summed E-state index contributed by atoms with van der Waals surface area (Å²) in [6.45, 7) is 0. The fraction of sp³-hybridized carbons (Fsp3) is 1.00. The summed E-state index contributed by atoms with van der Waals surface area (Å²) in [4.78, 5) is 0. The smallest absolute Gasteiger partial charge is 0.377 e. The molecule has 0 aromatic carbocycles. The van der Waals surface area contributed by atoms with E-state index in [1.54, 1.807) is 0 Å². The predicted octanol–water partition coefficient (Wildman–Crippen LogP) is 1.52. The van der Waals surface area contributed by atoms with E-state index in [1.807, 2.05) is 0 Å². The Hall–Kier alpha value is -0.0431. The van der Waals surface area contributed by atoms with E-state index in [-0.39, 0.29) is 12.5 Å². The monoisotopic (exact) mass is 200 g/mol. The third-order valence-corrected chi connectivity index (χ3v) is 4.37. The van der Waals surface area contributed by atoms with Gasteiger partial charge in [-0.1, -0.05) is 0 Å². The molecule has 6 heteroatoms. The zero-order valence-corrected chi connectivity index (χ0v) is 8.47. The molecule has 0 aliphatic heterocycles. The number of hydrogen-bond acceptors (Lipinski definition) is 3. The molecule has 0 radical (unpaired) electrons. The third-order valence-electron chi connectivity index (χ3n) is 1.60. The van der Waals surface area contributed by atoms with Crippen LogP contribution >= 0.6 is 0 Å². The minimum atomic E-state index is -2.76. The molecule has 0 aromatic rings. The Kier molecular flexibility index (Phi) is 5.56. The molecule has 0 N–H and O–H groups in total. The molecule has 0 spiro atoms. The molecular weight excluding hydrogens is 186 g/mol. The lowest BCUT2D eigenvalue weighted by atomic mass is 10.5. The highest BCUT2D eigenvalue weighted by atomic mass is 28.4. The standard InChI is InChI=1S/C6H14F2O3Si/c1-9-12(10-2,11-3)5-4-6(7)8/h6H,4-5H2,1-3H3. The van der Waals surface area contributed by atoms with Gasteiger partial charge in [0.05, 0.1) is 0 Å². The maximum atomic E-state index is 11.8. The first-order chi connectivity index (χ1) is 5.60. The first-order valence-corrected chi connectivity index (χ1v) is 5.47. The van der Waals surface area contributed by atoms with E-state index >= 15 is 0 Å². The van der Waals surface area contributed by atoms with Crippen LogP contribution in [0.4, 0.5) is 8.78 Å². The Morgan fingerprint density at radius 2 is 1.50 bits per heavy atom. The summed E-state index contributed by atoms with van der Waals surface area (Å²) in [6, 6.07) is 0.147. The highest BCUT2D eigenvalue weighted by Gasteiger charge is 2.38. The average molecular weight is 200 g/mol. The highest BCUT2D eigenvalue weighted by molar-refractivity contribution is 6.60. The van der Waals surface area contributed by atoms with Gasteiger partial charge >= 0.3 is 8.80 Å². The third kappa shape index (κ3) is 3.57. The van der Waals surface area contributed by atoms with Crippen molar-refractivity contribution in [3.05, 3.63) is 0 Å². The van der Waals surface area contributed by atoms with E-state index in [1.165, 1.54) is 21.3 Å². The van der Waals surface area contributed by atoms with Gasteiger partial charge in [-0.3, -0.25) is 0 Å². The van der Waals surface area contributed by atoms with Gasteiger partial charge in [-0.15, -0.1) is 0 Å². The molecule has 3 nitrogen and oxygen atoms in total. The largest absolute Gasteiger partial charge is 0.500 e. The van der Waals surface area contributed by atoms with E-state index in [2.05, 4.69) is 0 Å². The molecule has 0 bridgehead atoms. The molecule has 0 fully saturated rings. The van der Waals surface area contributed by atoms with E-state index in [0.717, 1.165) is 0 Å². The second kappa shape index (κ2) is 5.58. The van der Waals surface area contributed by atoms with Gasteiger partial charge in [0.15, 0.2) is 0 Å². The summed E-state index contributed by atoms with van der Waals surface area (Å²) in [6.07, 6.45) is -2.58. The summed E-state index contributed by atoms with van der Waals surface area (Å²) >= 11 is 0. The Balaban J connectivity index is 3.93. The Morgan fingerprint density at radius 3 is 1.75 bits per heavy atom. The quantitative estimate of drug-likeness (QED) is 0.608. The highest BCUT2D eigenvalue weighted by Crippen LogP contribution is 2.17. The SMILES string of the molecule is CO[Si](CCC(F)F)(OC)OC. The van der Waals surface area contributed by atoms with Crippen molar-refractivity contribution >= 4 is 8.80 Å². The number of hydrogen-bond donors (Lipinski definition) is 0. The molecule has 12 heavy (non-hydrogen) atoms. The van der Waals surface area contributed by atoms with E-state index in [0.29, 0.717) is 0 Å². The number of halogens is 2. The van der Waals surface area contributed by atoms with Crippen molar-refractivity contribution in [1.29, 1.82) is 0 Å². The Labute approximate surface area is 72.0 Å². The average Bonchev–Trinajstić information content (AvgIpc) is 2.08. The summed E-state index contributed by atoms with van der Waals surface area (Å²) in [5.41, 5.74) is 0. The van der Waals surface area contributed by atoms with E-state index in [4.69, 9.17) is 13.3 Å². The zero-order valence-electron chi connectivity index (χ0n) is 7.47. The molecule has 0 heterocycles. The molecule has 0 amide bonds. The van der Waals surface area contributed by atoms with Gasteiger partial charge in [0.2, 0.25) is 6.43 Å². The predicted molar refractivity (Wildman–Crippen MR) is 42.2 cm³/mol. The second-order valence-corrected chi connectivity index (χ2v) is 5.32. The minimum absolute atomic E-state index is 0.147. The first kappa shape index (κ1) is 12.0. The Bertz CT molecular complexity index is 111. The van der Waals surface area contributed by atoms with Crippen LogP contribution in [0.25, 0.3) is 0 Å². The molecule has 0 rings (SSSR count). The van der Waals surface area contributed by atoms with Crippen LogP contribution in [0, 0.1) is 0 Å². The normalized spacial score (nSPS) is 12.5. The summed E-state index contributed by atoms with van der Waals surface area (Å²) in [7, 11) is 1.46. The second-order valence-electron chi connectivity index (χ2n) is 2.23. The molecule has 74 valence electrons. The van der Waals surface area contributed by atoms with Crippen LogP contribution in [-0.4, -0.2) is 36.6 Å². The zero-order chi connectivity index (χ0) is 9.61. The molecule has 0 aliphatic carbocycles. The molecule has 0 saturated carbocycles. The van der Waals surface area contributed by atoms with Gasteiger partial charge in [0.1, 0.15) is 0 Å². The topological polar surface area (TPSA) is 27.7 Å². The van der Waals surface area contributed by atoms with Gasteiger partial charge < -0.3 is 13.3 Å². The van der Waals surface area contributed by atoms with Crippen molar-refractivity contribution in [2.75, 3.05) is 21.3 Å². The van der Waals surface area contributed by atoms with Gasteiger partial charge in [0.25, 0.3) is 0 Å². The van der Waals surface area contributed by atoms with Crippen molar-refractivity contribution in [2.24, 2.45) is 0 Å². The van der Waals surface area contributed by atoms with Crippen molar-refractivity contribution in [1.82, 2.24) is 0 Å². The van der Waals surface area contributed by atoms with Crippen LogP contribution in [-0.2, 0) is 13.3 Å². The molecule has 0 saturated heterocycles. The van der Waals surface area contributed by atoms with Gasteiger partial charge in [-0.2, -0.15) is 0 Å². The first-order valence-electron chi connectivity index (χ1n) is 3.54. The van der Waals surface area contributed by atoms with Crippen LogP contribution in [0.15, 0.2) is 0 Å². The van der Waals surface area contributed by atoms with Gasteiger partial charge in [0, 0.05) is 33.8 Å². The van der Waals surface area contributed by atoms with Crippen molar-refractivity contribution in [3.63, 3.8) is 0 Å². The van der Waals surface area contributed by atoms with Crippen molar-refractivity contribution in [3.8, 4) is 0 Å². The number of alkyl halides is 2. The van der Waals surface area contributed by atoms with Gasteiger partial charge in [-0.05, 0) is 0 Å². The summed E-state index contributed by atoms with van der Waals surface area (Å²) in [5, 5.41) is 0. The summed E-state index contributed by atoms with van der Waals surface area (Å²) in [5.74, 6) is 0. The number of rotatable bonds is 6. The lowest BCUT2D eigenvalue weighted by Crippen LogP contribution is -2.42. The molecular formula is C6H14F2O3Si. The fourth-order valence-electron chi connectivity index (χ4n) is 0.842. The van der Waals surface area contributed by atoms with Gasteiger partial charge in [-0.25, -0.2) is 8.78 Å². The van der Waals surface area contributed by atoms with Crippen LogP contribution in [0.2, 0.25) is 6.04 Å². The maximum Gasteiger partial charge on any atom is 0.500 e. The lowest BCUT2D eigenvalue weighted by molar-refractivity contribution is 0.102. The molecule has 0 unspecified atom stereocenters. The van der Waals surface area contributed by atoms with Crippen LogP contribution in [0.5, 0.6) is 0 Å². The Morgan fingerprint density at radius 1 is 1.08 bits per heavy atom. The fourth-order valence-corrected chi connectivity index (χ4v) is 2.53.